The molecule has 1 saturated heterocycles. The zero-order valence-corrected chi connectivity index (χ0v) is 12.2. The molecule has 0 saturated carbocycles. The van der Waals surface area contributed by atoms with Crippen LogP contribution in [0.3, 0.4) is 0 Å². The number of hydrogen-bond donors (Lipinski definition) is 4. The van der Waals surface area contributed by atoms with Gasteiger partial charge in [-0.05, 0) is 0 Å². The van der Waals surface area contributed by atoms with Gasteiger partial charge < -0.3 is 30.7 Å². The van der Waals surface area contributed by atoms with E-state index >= 15 is 0 Å². The van der Waals surface area contributed by atoms with E-state index in [2.05, 4.69) is 20.3 Å². The predicted molar refractivity (Wildman–Crippen MR) is 77.1 cm³/mol. The number of rotatable bonds is 4. The highest BCUT2D eigenvalue weighted by Crippen LogP contribution is 2.36. The third-order valence-electron chi connectivity index (χ3n) is 3.75. The fourth-order valence-electron chi connectivity index (χ4n) is 2.68. The van der Waals surface area contributed by atoms with Gasteiger partial charge in [-0.1, -0.05) is 0 Å². The van der Waals surface area contributed by atoms with Crippen LogP contribution in [0.4, 0.5) is 11.8 Å². The van der Waals surface area contributed by atoms with Crippen molar-refractivity contribution in [3.05, 3.63) is 6.33 Å². The Morgan fingerprint density at radius 2 is 2.27 bits per heavy atom. The standard InChI is InChI=1S/C12H18N6O4/c1-14-12-17-6-9(13)15-4-16-10(6)18(12)11-8(21-2)7(20)5(3-19)22-11/h4-5,7-8,11,19-20H,3H2,1-2H3,(H,14,17)(H2,13,15,16)/t5-,7-,8-,11-/m1/s1. The number of nitrogen functional groups attached to an aromatic ring is 1. The summed E-state index contributed by atoms with van der Waals surface area (Å²) in [6.07, 6.45) is -1.79. The van der Waals surface area contributed by atoms with Gasteiger partial charge in [-0.25, -0.2) is 15.0 Å². The monoisotopic (exact) mass is 310 g/mol. The Labute approximate surface area is 125 Å². The van der Waals surface area contributed by atoms with Crippen molar-refractivity contribution < 1.29 is 19.7 Å². The molecule has 2 aromatic heterocycles. The summed E-state index contributed by atoms with van der Waals surface area (Å²) in [5, 5.41) is 22.4. The van der Waals surface area contributed by atoms with Crippen LogP contribution >= 0.6 is 0 Å². The summed E-state index contributed by atoms with van der Waals surface area (Å²) in [7, 11) is 3.16. The Morgan fingerprint density at radius 3 is 2.91 bits per heavy atom. The van der Waals surface area contributed by atoms with Crippen molar-refractivity contribution in [3.8, 4) is 0 Å². The average molecular weight is 310 g/mol. The summed E-state index contributed by atoms with van der Waals surface area (Å²) in [6.45, 7) is -0.323. The number of nitrogens with two attached hydrogens (primary N) is 1. The molecule has 1 aliphatic rings. The highest BCUT2D eigenvalue weighted by atomic mass is 16.6. The lowest BCUT2D eigenvalue weighted by Gasteiger charge is -2.21. The van der Waals surface area contributed by atoms with Crippen molar-refractivity contribution in [1.29, 1.82) is 0 Å². The first-order valence-corrected chi connectivity index (χ1v) is 6.75. The predicted octanol–water partition coefficient (Wildman–Crippen LogP) is -1.28. The number of ether oxygens (including phenoxy) is 2. The lowest BCUT2D eigenvalue weighted by molar-refractivity contribution is -0.0572. The number of fused-ring (bicyclic) bond motifs is 1. The van der Waals surface area contributed by atoms with Gasteiger partial charge in [0.05, 0.1) is 6.61 Å². The molecule has 0 bridgehead atoms. The molecule has 0 unspecified atom stereocenters. The number of hydrogen-bond acceptors (Lipinski definition) is 9. The maximum Gasteiger partial charge on any atom is 0.207 e. The summed E-state index contributed by atoms with van der Waals surface area (Å²) < 4.78 is 12.7. The van der Waals surface area contributed by atoms with E-state index in [1.54, 1.807) is 11.6 Å². The number of aromatic nitrogens is 4. The van der Waals surface area contributed by atoms with E-state index in [4.69, 9.17) is 15.2 Å². The Kier molecular flexibility index (Phi) is 3.83. The largest absolute Gasteiger partial charge is 0.394 e. The fraction of sp³-hybridized carbons (Fsp3) is 0.583. The molecule has 0 aromatic carbocycles. The maximum atomic E-state index is 10.2. The highest BCUT2D eigenvalue weighted by Gasteiger charge is 2.46. The van der Waals surface area contributed by atoms with Crippen molar-refractivity contribution in [2.24, 2.45) is 0 Å². The Bertz CT molecular complexity index is 677. The van der Waals surface area contributed by atoms with Gasteiger partial charge in [0, 0.05) is 14.2 Å². The topological polar surface area (TPSA) is 141 Å². The summed E-state index contributed by atoms with van der Waals surface area (Å²) in [6, 6.07) is 0. The molecule has 0 amide bonds. The molecule has 22 heavy (non-hydrogen) atoms. The van der Waals surface area contributed by atoms with Gasteiger partial charge in [0.15, 0.2) is 23.2 Å². The quantitative estimate of drug-likeness (QED) is 0.543. The SMILES string of the molecule is CNc1nc2c(N)ncnc2n1[C@@H]1O[C@H](CO)[C@@H](O)[C@H]1OC. The lowest BCUT2D eigenvalue weighted by Crippen LogP contribution is -2.34. The summed E-state index contributed by atoms with van der Waals surface area (Å²) in [5.41, 5.74) is 6.70. The molecular formula is C12H18N6O4. The first-order chi connectivity index (χ1) is 10.6. The number of imidazole rings is 1. The van der Waals surface area contributed by atoms with E-state index in [9.17, 15) is 10.2 Å². The lowest BCUT2D eigenvalue weighted by atomic mass is 10.1. The second kappa shape index (κ2) is 5.65. The van der Waals surface area contributed by atoms with Crippen LogP contribution in [0, 0.1) is 0 Å². The highest BCUT2D eigenvalue weighted by molar-refractivity contribution is 5.84. The summed E-state index contributed by atoms with van der Waals surface area (Å²) >= 11 is 0. The maximum absolute atomic E-state index is 10.2. The van der Waals surface area contributed by atoms with Crippen LogP contribution < -0.4 is 11.1 Å². The van der Waals surface area contributed by atoms with Crippen LogP contribution in [-0.2, 0) is 9.47 Å². The first kappa shape index (κ1) is 14.9. The Balaban J connectivity index is 2.14. The van der Waals surface area contributed by atoms with Crippen LogP contribution in [0.2, 0.25) is 0 Å². The summed E-state index contributed by atoms with van der Waals surface area (Å²) in [5.74, 6) is 0.687. The van der Waals surface area contributed by atoms with Crippen LogP contribution in [0.1, 0.15) is 6.23 Å². The Morgan fingerprint density at radius 1 is 1.50 bits per heavy atom. The average Bonchev–Trinajstić information content (AvgIpc) is 3.05. The second-order valence-corrected chi connectivity index (χ2v) is 4.93. The van der Waals surface area contributed by atoms with Crippen molar-refractivity contribution >= 4 is 22.9 Å². The number of nitrogens with zero attached hydrogens (tertiary/aromatic N) is 4. The molecule has 3 rings (SSSR count). The number of aliphatic hydroxyl groups excluding tert-OH is 2. The van der Waals surface area contributed by atoms with E-state index in [0.29, 0.717) is 17.1 Å². The zero-order valence-electron chi connectivity index (χ0n) is 12.2. The molecule has 10 nitrogen and oxygen atoms in total. The number of methoxy groups -OCH3 is 1. The molecule has 0 aliphatic carbocycles. The smallest absolute Gasteiger partial charge is 0.207 e. The van der Waals surface area contributed by atoms with Gasteiger partial charge in [-0.15, -0.1) is 0 Å². The third kappa shape index (κ3) is 2.08. The van der Waals surface area contributed by atoms with Crippen molar-refractivity contribution in [2.45, 2.75) is 24.5 Å². The van der Waals surface area contributed by atoms with Gasteiger partial charge in [-0.3, -0.25) is 4.57 Å². The van der Waals surface area contributed by atoms with Gasteiger partial charge in [0.2, 0.25) is 5.95 Å². The minimum atomic E-state index is -0.971. The minimum absolute atomic E-state index is 0.242. The van der Waals surface area contributed by atoms with Gasteiger partial charge in [0.25, 0.3) is 0 Å². The van der Waals surface area contributed by atoms with Crippen molar-refractivity contribution in [2.75, 3.05) is 31.8 Å². The molecule has 1 fully saturated rings. The van der Waals surface area contributed by atoms with Crippen LogP contribution in [0.15, 0.2) is 6.33 Å². The number of anilines is 2. The van der Waals surface area contributed by atoms with Crippen molar-refractivity contribution in [1.82, 2.24) is 19.5 Å². The number of aliphatic hydroxyl groups is 2. The molecule has 10 heteroatoms. The molecule has 0 spiro atoms. The fourth-order valence-corrected chi connectivity index (χ4v) is 2.68. The number of nitrogens with one attached hydrogen (secondary N) is 1. The normalized spacial score (nSPS) is 28.4. The molecule has 2 aromatic rings. The van der Waals surface area contributed by atoms with E-state index in [0.717, 1.165) is 0 Å². The molecule has 1 aliphatic heterocycles. The van der Waals surface area contributed by atoms with Crippen LogP contribution in [0.5, 0.6) is 0 Å². The van der Waals surface area contributed by atoms with Crippen LogP contribution in [-0.4, -0.2) is 68.8 Å². The molecule has 0 radical (unpaired) electrons. The van der Waals surface area contributed by atoms with Gasteiger partial charge in [0.1, 0.15) is 24.6 Å². The Hall–Kier alpha value is -2.01. The molecule has 3 heterocycles. The van der Waals surface area contributed by atoms with Gasteiger partial charge in [-0.2, -0.15) is 0 Å². The van der Waals surface area contributed by atoms with E-state index in [1.807, 2.05) is 0 Å². The summed E-state index contributed by atoms with van der Waals surface area (Å²) in [4.78, 5) is 12.4. The third-order valence-corrected chi connectivity index (χ3v) is 3.75. The van der Waals surface area contributed by atoms with E-state index < -0.39 is 24.5 Å². The minimum Gasteiger partial charge on any atom is -0.394 e. The van der Waals surface area contributed by atoms with Gasteiger partial charge >= 0.3 is 0 Å². The van der Waals surface area contributed by atoms with Crippen LogP contribution in [0.25, 0.3) is 11.2 Å². The second-order valence-electron chi connectivity index (χ2n) is 4.93. The van der Waals surface area contributed by atoms with Crippen molar-refractivity contribution in [3.63, 3.8) is 0 Å². The molecular weight excluding hydrogens is 292 g/mol. The molecule has 120 valence electrons. The first-order valence-electron chi connectivity index (χ1n) is 6.75. The zero-order chi connectivity index (χ0) is 15.9. The molecule has 5 N–H and O–H groups in total. The van der Waals surface area contributed by atoms with E-state index in [-0.39, 0.29) is 12.4 Å². The molecule has 4 atom stereocenters. The van der Waals surface area contributed by atoms with E-state index in [1.165, 1.54) is 13.4 Å².